The fraction of sp³-hybridized carbons (Fsp3) is 0.564. The molecule has 2 atom stereocenters. The fourth-order valence-electron chi connectivity index (χ4n) is 7.59. The van der Waals surface area contributed by atoms with E-state index in [1.165, 1.54) is 93.7 Å². The highest BCUT2D eigenvalue weighted by molar-refractivity contribution is 8.01. The fourth-order valence-corrected chi connectivity index (χ4v) is 9.52. The number of aryl methyl sites for hydroxylation is 1. The monoisotopic (exact) mass is 705 g/mol. The second-order valence-corrected chi connectivity index (χ2v) is 16.1. The van der Waals surface area contributed by atoms with Crippen molar-refractivity contribution in [2.24, 2.45) is 11.8 Å². The summed E-state index contributed by atoms with van der Waals surface area (Å²) >= 11 is 2.93. The molecule has 2 aromatic carbocycles. The first kappa shape index (κ1) is 35.7. The lowest BCUT2D eigenvalue weighted by Gasteiger charge is -2.27. The number of benzene rings is 2. The first-order valence-corrected chi connectivity index (χ1v) is 19.9. The summed E-state index contributed by atoms with van der Waals surface area (Å²) in [6.45, 7) is 4.20. The van der Waals surface area contributed by atoms with Gasteiger partial charge in [-0.3, -0.25) is 14.9 Å². The van der Waals surface area contributed by atoms with E-state index in [1.54, 1.807) is 18.2 Å². The number of morpholine rings is 1. The number of carbonyl (C=O) groups excluding carboxylic acids is 2. The van der Waals surface area contributed by atoms with Gasteiger partial charge in [-0.15, -0.1) is 0 Å². The van der Waals surface area contributed by atoms with Gasteiger partial charge in [0.2, 0.25) is 0 Å². The molecule has 6 rings (SSSR count). The highest BCUT2D eigenvalue weighted by Gasteiger charge is 2.27. The smallest absolute Gasteiger partial charge is 0.257 e. The average molecular weight is 706 g/mol. The Bertz CT molecular complexity index is 1530. The molecule has 2 unspecified atom stereocenters. The van der Waals surface area contributed by atoms with Crippen LogP contribution < -0.4 is 14.8 Å². The quantitative estimate of drug-likeness (QED) is 0.222. The van der Waals surface area contributed by atoms with Crippen molar-refractivity contribution in [1.82, 2.24) is 9.88 Å². The number of ether oxygens (including phenoxy) is 3. The van der Waals surface area contributed by atoms with Crippen molar-refractivity contribution < 1.29 is 23.8 Å². The van der Waals surface area contributed by atoms with E-state index in [0.717, 1.165) is 45.1 Å². The summed E-state index contributed by atoms with van der Waals surface area (Å²) in [7, 11) is 1.59. The standard InChI is InChI=1S/C39H51N3O5S2/c1-27-24-34(45-2)33(38(44)42-20-22-46-23-21-42)25-35(27)48-36-26-40-39(49-36)41-37(43)30-15-18-32(19-16-30)47-31-13-9-12-29(14-17-31)28-10-7-5-3-4-6-8-11-28/h15-16,18-19,24-26,28-29,31H,3-14,17,20-23H2,1-2H3,(H,40,41,43). The van der Waals surface area contributed by atoms with Crippen LogP contribution in [0, 0.1) is 18.8 Å². The number of carbonyl (C=O) groups is 2. The molecule has 2 amide bonds. The summed E-state index contributed by atoms with van der Waals surface area (Å²) in [5.74, 6) is 2.88. The molecule has 49 heavy (non-hydrogen) atoms. The maximum absolute atomic E-state index is 13.3. The number of methoxy groups -OCH3 is 1. The Kier molecular flexibility index (Phi) is 12.9. The van der Waals surface area contributed by atoms with Crippen LogP contribution in [0.1, 0.15) is 110 Å². The van der Waals surface area contributed by atoms with Crippen LogP contribution >= 0.6 is 23.1 Å². The number of anilines is 1. The van der Waals surface area contributed by atoms with E-state index in [2.05, 4.69) is 10.3 Å². The lowest BCUT2D eigenvalue weighted by atomic mass is 9.80. The minimum Gasteiger partial charge on any atom is -0.496 e. The third-order valence-corrected chi connectivity index (χ3v) is 12.6. The molecule has 1 N–H and O–H groups in total. The molecule has 2 heterocycles. The predicted molar refractivity (Wildman–Crippen MR) is 197 cm³/mol. The molecule has 8 nitrogen and oxygen atoms in total. The van der Waals surface area contributed by atoms with Crippen molar-refractivity contribution in [3.05, 3.63) is 59.3 Å². The van der Waals surface area contributed by atoms with Gasteiger partial charge >= 0.3 is 0 Å². The van der Waals surface area contributed by atoms with Gasteiger partial charge in [0.15, 0.2) is 5.13 Å². The molecule has 2 aliphatic carbocycles. The maximum atomic E-state index is 13.3. The van der Waals surface area contributed by atoms with Crippen LogP contribution in [-0.4, -0.2) is 61.2 Å². The van der Waals surface area contributed by atoms with E-state index in [-0.39, 0.29) is 17.9 Å². The van der Waals surface area contributed by atoms with Crippen molar-refractivity contribution >= 4 is 40.0 Å². The SMILES string of the molecule is COc1cc(C)c(Sc2cnc(NC(=O)c3ccc(OC4CCCC(C5CCCCCCCC5)CC4)cc3)s2)cc1C(=O)N1CCOCC1. The lowest BCUT2D eigenvalue weighted by molar-refractivity contribution is 0.0300. The molecule has 264 valence electrons. The van der Waals surface area contributed by atoms with Crippen LogP contribution in [0.5, 0.6) is 11.5 Å². The normalized spacial score (nSPS) is 21.1. The van der Waals surface area contributed by atoms with E-state index >= 15 is 0 Å². The van der Waals surface area contributed by atoms with Crippen molar-refractivity contribution in [3.8, 4) is 11.5 Å². The molecule has 1 aromatic heterocycles. The number of nitrogens with zero attached hydrogens (tertiary/aromatic N) is 2. The number of hydrogen-bond acceptors (Lipinski definition) is 8. The molecular weight excluding hydrogens is 655 g/mol. The van der Waals surface area contributed by atoms with E-state index < -0.39 is 0 Å². The van der Waals surface area contributed by atoms with Gasteiger partial charge in [0.05, 0.1) is 42.4 Å². The zero-order valence-electron chi connectivity index (χ0n) is 29.0. The molecule has 0 spiro atoms. The van der Waals surface area contributed by atoms with Crippen molar-refractivity contribution in [1.29, 1.82) is 0 Å². The number of thiazole rings is 1. The van der Waals surface area contributed by atoms with Gasteiger partial charge in [0.25, 0.3) is 11.8 Å². The van der Waals surface area contributed by atoms with E-state index in [4.69, 9.17) is 14.2 Å². The van der Waals surface area contributed by atoms with Crippen LogP contribution in [0.2, 0.25) is 0 Å². The van der Waals surface area contributed by atoms with Crippen LogP contribution in [-0.2, 0) is 4.74 Å². The minimum absolute atomic E-state index is 0.0609. The zero-order chi connectivity index (χ0) is 34.0. The largest absolute Gasteiger partial charge is 0.496 e. The minimum atomic E-state index is -0.205. The number of nitrogens with one attached hydrogen (secondary N) is 1. The molecule has 3 fully saturated rings. The Morgan fingerprint density at radius 1 is 0.898 bits per heavy atom. The molecule has 1 saturated heterocycles. The Hall–Kier alpha value is -3.08. The zero-order valence-corrected chi connectivity index (χ0v) is 30.7. The molecule has 0 radical (unpaired) electrons. The predicted octanol–water partition coefficient (Wildman–Crippen LogP) is 9.41. The van der Waals surface area contributed by atoms with E-state index in [9.17, 15) is 9.59 Å². The molecule has 3 aromatic rings. The molecule has 2 saturated carbocycles. The Morgan fingerprint density at radius 2 is 1.59 bits per heavy atom. The molecular formula is C39H51N3O5S2. The van der Waals surface area contributed by atoms with Gasteiger partial charge in [-0.2, -0.15) is 0 Å². The topological polar surface area (TPSA) is 90.0 Å². The van der Waals surface area contributed by atoms with Crippen LogP contribution in [0.15, 0.2) is 51.7 Å². The summed E-state index contributed by atoms with van der Waals surface area (Å²) in [6.07, 6.45) is 19.4. The summed E-state index contributed by atoms with van der Waals surface area (Å²) in [6, 6.07) is 11.3. The first-order chi connectivity index (χ1) is 24.0. The third-order valence-electron chi connectivity index (χ3n) is 10.4. The van der Waals surface area contributed by atoms with Crippen LogP contribution in [0.3, 0.4) is 0 Å². The number of amides is 2. The molecule has 1 aliphatic heterocycles. The molecule has 0 bridgehead atoms. The van der Waals surface area contributed by atoms with Crippen molar-refractivity contribution in [2.75, 3.05) is 38.7 Å². The molecule has 3 aliphatic rings. The Labute approximate surface area is 299 Å². The number of hydrogen-bond donors (Lipinski definition) is 1. The van der Waals surface area contributed by atoms with Gasteiger partial charge in [-0.25, -0.2) is 4.98 Å². The number of rotatable bonds is 9. The van der Waals surface area contributed by atoms with Gasteiger partial charge in [0, 0.05) is 23.5 Å². The van der Waals surface area contributed by atoms with E-state index in [0.29, 0.717) is 48.3 Å². The Morgan fingerprint density at radius 3 is 2.33 bits per heavy atom. The van der Waals surface area contributed by atoms with Gasteiger partial charge < -0.3 is 19.1 Å². The lowest BCUT2D eigenvalue weighted by Crippen LogP contribution is -2.40. The first-order valence-electron chi connectivity index (χ1n) is 18.2. The average Bonchev–Trinajstić information content (AvgIpc) is 3.50. The Balaban J connectivity index is 1.01. The summed E-state index contributed by atoms with van der Waals surface area (Å²) in [4.78, 5) is 33.6. The second kappa shape index (κ2) is 17.7. The summed E-state index contributed by atoms with van der Waals surface area (Å²) in [5.41, 5.74) is 2.09. The number of aromatic nitrogens is 1. The van der Waals surface area contributed by atoms with Crippen molar-refractivity contribution in [2.45, 2.75) is 106 Å². The van der Waals surface area contributed by atoms with Gasteiger partial charge in [0.1, 0.15) is 11.5 Å². The molecule has 10 heteroatoms. The highest BCUT2D eigenvalue weighted by atomic mass is 32.2. The summed E-state index contributed by atoms with van der Waals surface area (Å²) in [5, 5.41) is 3.47. The van der Waals surface area contributed by atoms with Gasteiger partial charge in [-0.1, -0.05) is 80.9 Å². The third kappa shape index (κ3) is 9.79. The van der Waals surface area contributed by atoms with Crippen LogP contribution in [0.25, 0.3) is 0 Å². The highest BCUT2D eigenvalue weighted by Crippen LogP contribution is 2.39. The summed E-state index contributed by atoms with van der Waals surface area (Å²) < 4.78 is 18.3. The maximum Gasteiger partial charge on any atom is 0.257 e. The van der Waals surface area contributed by atoms with Crippen LogP contribution in [0.4, 0.5) is 5.13 Å². The van der Waals surface area contributed by atoms with Gasteiger partial charge in [-0.05, 0) is 86.4 Å². The van der Waals surface area contributed by atoms with E-state index in [1.807, 2.05) is 43.3 Å². The second-order valence-electron chi connectivity index (χ2n) is 13.8. The van der Waals surface area contributed by atoms with Crippen molar-refractivity contribution in [3.63, 3.8) is 0 Å².